The molecular formula is C13H14F2N2O4. The molecule has 2 rings (SSSR count). The first-order valence-electron chi connectivity index (χ1n) is 6.41. The number of halogens is 2. The van der Waals surface area contributed by atoms with Crippen LogP contribution in [0.4, 0.5) is 20.2 Å². The molecule has 1 saturated heterocycles. The summed E-state index contributed by atoms with van der Waals surface area (Å²) in [5.74, 6) is -3.39. The van der Waals surface area contributed by atoms with E-state index in [1.165, 1.54) is 12.0 Å². The summed E-state index contributed by atoms with van der Waals surface area (Å²) in [7, 11) is 1.24. The number of nitrogens with zero attached hydrogens (tertiary/aromatic N) is 2. The second-order valence-corrected chi connectivity index (χ2v) is 4.79. The van der Waals surface area contributed by atoms with Crippen molar-refractivity contribution >= 4 is 17.3 Å². The van der Waals surface area contributed by atoms with Crippen LogP contribution >= 0.6 is 0 Å². The lowest BCUT2D eigenvalue weighted by atomic mass is 9.97. The molecule has 0 saturated carbocycles. The number of anilines is 1. The van der Waals surface area contributed by atoms with Crippen LogP contribution in [0.2, 0.25) is 0 Å². The quantitative estimate of drug-likeness (QED) is 0.486. The Kier molecular flexibility index (Phi) is 4.35. The van der Waals surface area contributed by atoms with Gasteiger partial charge in [-0.1, -0.05) is 0 Å². The number of benzene rings is 1. The summed E-state index contributed by atoms with van der Waals surface area (Å²) >= 11 is 0. The number of rotatable bonds is 3. The van der Waals surface area contributed by atoms with Crippen LogP contribution in [-0.4, -0.2) is 31.1 Å². The number of carbonyl (C=O) groups excluding carboxylic acids is 1. The molecule has 1 aliphatic heterocycles. The number of esters is 1. The highest BCUT2D eigenvalue weighted by atomic mass is 19.2. The minimum Gasteiger partial charge on any atom is -0.469 e. The van der Waals surface area contributed by atoms with E-state index in [4.69, 9.17) is 0 Å². The normalized spacial score (nSPS) is 18.4. The van der Waals surface area contributed by atoms with Crippen molar-refractivity contribution in [3.8, 4) is 0 Å². The summed E-state index contributed by atoms with van der Waals surface area (Å²) in [6, 6.07) is 1.65. The van der Waals surface area contributed by atoms with Gasteiger partial charge in [0.05, 0.1) is 18.0 Å². The first kappa shape index (κ1) is 15.1. The van der Waals surface area contributed by atoms with Crippen LogP contribution in [0.1, 0.15) is 12.8 Å². The molecule has 0 aliphatic carbocycles. The highest BCUT2D eigenvalue weighted by Gasteiger charge is 2.32. The number of nitro groups is 1. The van der Waals surface area contributed by atoms with E-state index >= 15 is 0 Å². The fraction of sp³-hybridized carbons (Fsp3) is 0.462. The van der Waals surface area contributed by atoms with Crippen molar-refractivity contribution in [2.45, 2.75) is 12.8 Å². The molecule has 1 unspecified atom stereocenters. The Hall–Kier alpha value is -2.25. The van der Waals surface area contributed by atoms with Gasteiger partial charge in [0.2, 0.25) is 0 Å². The van der Waals surface area contributed by atoms with Crippen molar-refractivity contribution in [2.75, 3.05) is 25.1 Å². The third kappa shape index (κ3) is 2.93. The molecule has 1 aliphatic rings. The Balaban J connectivity index is 2.38. The van der Waals surface area contributed by atoms with E-state index < -0.39 is 39.8 Å². The number of hydrogen-bond acceptors (Lipinski definition) is 5. The van der Waals surface area contributed by atoms with Gasteiger partial charge in [0.15, 0.2) is 17.3 Å². The molecule has 1 aromatic rings. The molecule has 1 atom stereocenters. The Morgan fingerprint density at radius 3 is 2.81 bits per heavy atom. The molecule has 0 radical (unpaired) electrons. The van der Waals surface area contributed by atoms with Gasteiger partial charge in [-0.15, -0.1) is 0 Å². The molecule has 0 bridgehead atoms. The average molecular weight is 300 g/mol. The number of methoxy groups -OCH3 is 1. The standard InChI is InChI=1S/C13H14F2N2O4/c1-21-13(18)8-3-2-6-16(7-8)12-10(17(19)20)5-4-9(14)11(12)15/h4-5,8H,2-3,6-7H2,1H3. The Morgan fingerprint density at radius 1 is 1.48 bits per heavy atom. The number of nitro benzene ring substituents is 1. The van der Waals surface area contributed by atoms with E-state index in [1.54, 1.807) is 0 Å². The second-order valence-electron chi connectivity index (χ2n) is 4.79. The first-order chi connectivity index (χ1) is 9.95. The lowest BCUT2D eigenvalue weighted by Gasteiger charge is -2.32. The van der Waals surface area contributed by atoms with Crippen molar-refractivity contribution < 1.29 is 23.2 Å². The van der Waals surface area contributed by atoms with Gasteiger partial charge >= 0.3 is 5.97 Å². The third-order valence-electron chi connectivity index (χ3n) is 3.52. The monoisotopic (exact) mass is 300 g/mol. The fourth-order valence-corrected chi connectivity index (χ4v) is 2.52. The summed E-state index contributed by atoms with van der Waals surface area (Å²) in [5, 5.41) is 11.0. The third-order valence-corrected chi connectivity index (χ3v) is 3.52. The summed E-state index contributed by atoms with van der Waals surface area (Å²) < 4.78 is 32.0. The Bertz CT molecular complexity index is 580. The molecule has 1 fully saturated rings. The zero-order valence-electron chi connectivity index (χ0n) is 11.3. The van der Waals surface area contributed by atoms with E-state index in [0.29, 0.717) is 19.4 Å². The maximum Gasteiger partial charge on any atom is 0.310 e. The second kappa shape index (κ2) is 6.02. The van der Waals surface area contributed by atoms with Crippen molar-refractivity contribution in [3.63, 3.8) is 0 Å². The predicted octanol–water partition coefficient (Wildman–Crippen LogP) is 2.26. The highest BCUT2D eigenvalue weighted by Crippen LogP contribution is 2.35. The molecule has 6 nitrogen and oxygen atoms in total. The summed E-state index contributed by atoms with van der Waals surface area (Å²) in [4.78, 5) is 23.1. The number of carbonyl (C=O) groups is 1. The van der Waals surface area contributed by atoms with Crippen LogP contribution in [0.15, 0.2) is 12.1 Å². The molecule has 0 aromatic heterocycles. The predicted molar refractivity (Wildman–Crippen MR) is 70.0 cm³/mol. The van der Waals surface area contributed by atoms with Crippen molar-refractivity contribution in [3.05, 3.63) is 33.9 Å². The molecular weight excluding hydrogens is 286 g/mol. The van der Waals surface area contributed by atoms with Gasteiger partial charge in [0.25, 0.3) is 5.69 Å². The number of hydrogen-bond donors (Lipinski definition) is 0. The van der Waals surface area contributed by atoms with Crippen molar-refractivity contribution in [2.24, 2.45) is 5.92 Å². The molecule has 0 N–H and O–H groups in total. The maximum absolute atomic E-state index is 14.0. The lowest BCUT2D eigenvalue weighted by molar-refractivity contribution is -0.384. The van der Waals surface area contributed by atoms with Gasteiger partial charge < -0.3 is 9.64 Å². The van der Waals surface area contributed by atoms with E-state index in [2.05, 4.69) is 4.74 Å². The Morgan fingerprint density at radius 2 is 2.19 bits per heavy atom. The number of ether oxygens (including phenoxy) is 1. The van der Waals surface area contributed by atoms with Gasteiger partial charge in [0.1, 0.15) is 0 Å². The van der Waals surface area contributed by atoms with E-state index in [0.717, 1.165) is 12.1 Å². The van der Waals surface area contributed by atoms with Crippen molar-refractivity contribution in [1.82, 2.24) is 0 Å². The highest BCUT2D eigenvalue weighted by molar-refractivity contribution is 5.74. The maximum atomic E-state index is 14.0. The van der Waals surface area contributed by atoms with E-state index in [9.17, 15) is 23.7 Å². The summed E-state index contributed by atoms with van der Waals surface area (Å²) in [6.07, 6.45) is 1.08. The molecule has 114 valence electrons. The zero-order valence-corrected chi connectivity index (χ0v) is 11.3. The Labute approximate surface area is 119 Å². The smallest absolute Gasteiger partial charge is 0.310 e. The first-order valence-corrected chi connectivity index (χ1v) is 6.41. The average Bonchev–Trinajstić information content (AvgIpc) is 2.48. The van der Waals surface area contributed by atoms with Gasteiger partial charge in [-0.05, 0) is 18.9 Å². The van der Waals surface area contributed by atoms with Crippen LogP contribution in [0.5, 0.6) is 0 Å². The topological polar surface area (TPSA) is 72.7 Å². The lowest BCUT2D eigenvalue weighted by Crippen LogP contribution is -2.40. The largest absolute Gasteiger partial charge is 0.469 e. The van der Waals surface area contributed by atoms with Crippen LogP contribution in [0, 0.1) is 27.7 Å². The van der Waals surface area contributed by atoms with Gasteiger partial charge in [0, 0.05) is 19.2 Å². The fourth-order valence-electron chi connectivity index (χ4n) is 2.52. The molecule has 21 heavy (non-hydrogen) atoms. The zero-order chi connectivity index (χ0) is 15.6. The number of piperidine rings is 1. The van der Waals surface area contributed by atoms with E-state index in [1.807, 2.05) is 0 Å². The SMILES string of the molecule is COC(=O)C1CCCN(c2c([N+](=O)[O-])ccc(F)c2F)C1. The van der Waals surface area contributed by atoms with Crippen molar-refractivity contribution in [1.29, 1.82) is 0 Å². The molecule has 8 heteroatoms. The van der Waals surface area contributed by atoms with Gasteiger partial charge in [-0.25, -0.2) is 8.78 Å². The minimum atomic E-state index is -1.27. The van der Waals surface area contributed by atoms with Crippen LogP contribution < -0.4 is 4.90 Å². The van der Waals surface area contributed by atoms with Crippen LogP contribution in [0.3, 0.4) is 0 Å². The van der Waals surface area contributed by atoms with E-state index in [-0.39, 0.29) is 6.54 Å². The molecule has 0 amide bonds. The summed E-state index contributed by atoms with van der Waals surface area (Å²) in [5.41, 5.74) is -0.923. The summed E-state index contributed by atoms with van der Waals surface area (Å²) in [6.45, 7) is 0.378. The van der Waals surface area contributed by atoms with Crippen LogP contribution in [-0.2, 0) is 9.53 Å². The van der Waals surface area contributed by atoms with Gasteiger partial charge in [-0.2, -0.15) is 0 Å². The minimum absolute atomic E-state index is 0.0634. The molecule has 0 spiro atoms. The molecule has 1 heterocycles. The molecule has 1 aromatic carbocycles. The van der Waals surface area contributed by atoms with Crippen LogP contribution in [0.25, 0.3) is 0 Å². The van der Waals surface area contributed by atoms with Gasteiger partial charge in [-0.3, -0.25) is 14.9 Å².